The third-order valence-electron chi connectivity index (χ3n) is 6.01. The van der Waals surface area contributed by atoms with Crippen LogP contribution in [0.1, 0.15) is 67.1 Å². The summed E-state index contributed by atoms with van der Waals surface area (Å²) in [5.74, 6) is 0.310. The number of ether oxygens (including phenoxy) is 1. The van der Waals surface area contributed by atoms with Crippen molar-refractivity contribution in [2.75, 3.05) is 12.4 Å². The van der Waals surface area contributed by atoms with Gasteiger partial charge in [-0.3, -0.25) is 4.79 Å². The monoisotopic (exact) mass is 447 g/mol. The van der Waals surface area contributed by atoms with Gasteiger partial charge in [0.05, 0.1) is 7.11 Å². The van der Waals surface area contributed by atoms with E-state index in [1.165, 1.54) is 37.7 Å². The number of benzene rings is 1. The Labute approximate surface area is 188 Å². The van der Waals surface area contributed by atoms with Gasteiger partial charge in [0.2, 0.25) is 5.91 Å². The highest BCUT2D eigenvalue weighted by Crippen LogP contribution is 2.41. The number of rotatable bonds is 7. The molecule has 30 heavy (non-hydrogen) atoms. The van der Waals surface area contributed by atoms with Crippen LogP contribution in [0.3, 0.4) is 0 Å². The molecule has 1 saturated carbocycles. The lowest BCUT2D eigenvalue weighted by atomic mass is 9.79. The van der Waals surface area contributed by atoms with Crippen LogP contribution in [0, 0.1) is 18.8 Å². The molecule has 0 saturated heterocycles. The maximum atomic E-state index is 13.0. The molecule has 1 aliphatic rings. The summed E-state index contributed by atoms with van der Waals surface area (Å²) in [7, 11) is 1.36. The van der Waals surface area contributed by atoms with Gasteiger partial charge in [-0.1, -0.05) is 49.9 Å². The summed E-state index contributed by atoms with van der Waals surface area (Å²) in [6.07, 6.45) is 7.82. The SMILES string of the molecule is CCCCC1CCC(C(=O)Nc2sc(C)c(-c3cccc(Cl)c3)c2C(=O)OC)CC1. The Balaban J connectivity index is 1.80. The number of aryl methyl sites for hydroxylation is 1. The van der Waals surface area contributed by atoms with E-state index in [9.17, 15) is 9.59 Å². The molecule has 162 valence electrons. The van der Waals surface area contributed by atoms with Crippen LogP contribution < -0.4 is 5.32 Å². The van der Waals surface area contributed by atoms with E-state index in [0.29, 0.717) is 15.6 Å². The van der Waals surface area contributed by atoms with E-state index in [1.807, 2.05) is 25.1 Å². The van der Waals surface area contributed by atoms with Gasteiger partial charge >= 0.3 is 5.97 Å². The Bertz CT molecular complexity index is 900. The minimum Gasteiger partial charge on any atom is -0.465 e. The van der Waals surface area contributed by atoms with E-state index >= 15 is 0 Å². The van der Waals surface area contributed by atoms with Crippen LogP contribution in [0.2, 0.25) is 5.02 Å². The molecule has 0 unspecified atom stereocenters. The van der Waals surface area contributed by atoms with E-state index in [4.69, 9.17) is 16.3 Å². The van der Waals surface area contributed by atoms with Gasteiger partial charge in [-0.05, 0) is 56.2 Å². The molecule has 0 radical (unpaired) electrons. The first-order valence-corrected chi connectivity index (χ1v) is 11.9. The average Bonchev–Trinajstić information content (AvgIpc) is 3.07. The smallest absolute Gasteiger partial charge is 0.341 e. The third-order valence-corrected chi connectivity index (χ3v) is 7.26. The molecular weight excluding hydrogens is 418 g/mol. The van der Waals surface area contributed by atoms with Crippen LogP contribution >= 0.6 is 22.9 Å². The average molecular weight is 448 g/mol. The first-order valence-electron chi connectivity index (χ1n) is 10.7. The van der Waals surface area contributed by atoms with Crippen molar-refractivity contribution in [3.8, 4) is 11.1 Å². The van der Waals surface area contributed by atoms with Crippen LogP contribution in [0.4, 0.5) is 5.00 Å². The van der Waals surface area contributed by atoms with Crippen molar-refractivity contribution in [3.63, 3.8) is 0 Å². The number of thiophene rings is 1. The maximum Gasteiger partial charge on any atom is 0.341 e. The molecule has 1 N–H and O–H groups in total. The second-order valence-electron chi connectivity index (χ2n) is 8.09. The van der Waals surface area contributed by atoms with Crippen LogP contribution in [-0.2, 0) is 9.53 Å². The molecule has 4 nitrogen and oxygen atoms in total. The predicted molar refractivity (Wildman–Crippen MR) is 124 cm³/mol. The highest BCUT2D eigenvalue weighted by molar-refractivity contribution is 7.17. The molecule has 0 spiro atoms. The molecule has 1 aromatic heterocycles. The number of carbonyl (C=O) groups excluding carboxylic acids is 2. The molecular formula is C24H30ClNO3S. The number of amides is 1. The van der Waals surface area contributed by atoms with Gasteiger partial charge in [0.25, 0.3) is 0 Å². The highest BCUT2D eigenvalue weighted by Gasteiger charge is 2.29. The summed E-state index contributed by atoms with van der Waals surface area (Å²) >= 11 is 7.58. The Morgan fingerprint density at radius 3 is 2.60 bits per heavy atom. The van der Waals surface area contributed by atoms with E-state index in [0.717, 1.165) is 47.6 Å². The van der Waals surface area contributed by atoms with Crippen LogP contribution in [-0.4, -0.2) is 19.0 Å². The first-order chi connectivity index (χ1) is 14.4. The lowest BCUT2D eigenvalue weighted by molar-refractivity contribution is -0.121. The minimum absolute atomic E-state index is 0.00500. The Kier molecular flexibility index (Phi) is 7.95. The van der Waals surface area contributed by atoms with Crippen molar-refractivity contribution in [3.05, 3.63) is 39.7 Å². The third kappa shape index (κ3) is 5.25. The number of esters is 1. The fourth-order valence-electron chi connectivity index (χ4n) is 4.34. The molecule has 3 rings (SSSR count). The summed E-state index contributed by atoms with van der Waals surface area (Å²) in [4.78, 5) is 26.6. The van der Waals surface area contributed by atoms with Crippen molar-refractivity contribution in [1.82, 2.24) is 0 Å². The summed E-state index contributed by atoms with van der Waals surface area (Å²) in [5.41, 5.74) is 2.02. The van der Waals surface area contributed by atoms with E-state index in [-0.39, 0.29) is 11.8 Å². The van der Waals surface area contributed by atoms with Crippen molar-refractivity contribution in [1.29, 1.82) is 0 Å². The molecule has 1 aliphatic carbocycles. The second kappa shape index (κ2) is 10.5. The van der Waals surface area contributed by atoms with Crippen molar-refractivity contribution < 1.29 is 14.3 Å². The zero-order valence-corrected chi connectivity index (χ0v) is 19.5. The molecule has 0 aliphatic heterocycles. The predicted octanol–water partition coefficient (Wildman–Crippen LogP) is 7.10. The fourth-order valence-corrected chi connectivity index (χ4v) is 5.60. The van der Waals surface area contributed by atoms with Gasteiger partial charge in [-0.2, -0.15) is 0 Å². The first kappa shape index (κ1) is 22.8. The molecule has 1 amide bonds. The molecule has 1 fully saturated rings. The summed E-state index contributed by atoms with van der Waals surface area (Å²) in [5, 5.41) is 4.20. The standard InChI is InChI=1S/C24H30ClNO3S/c1-4-5-7-16-10-12-17(13-11-16)22(27)26-23-21(24(28)29-3)20(15(2)30-23)18-8-6-9-19(25)14-18/h6,8-9,14,16-17H,4-5,7,10-13H2,1-3H3,(H,26,27). The summed E-state index contributed by atoms with van der Waals surface area (Å²) in [6, 6.07) is 7.39. The minimum atomic E-state index is -0.451. The number of anilines is 1. The fraction of sp³-hybridized carbons (Fsp3) is 0.500. The van der Waals surface area contributed by atoms with Crippen LogP contribution in [0.5, 0.6) is 0 Å². The zero-order valence-electron chi connectivity index (χ0n) is 17.9. The Morgan fingerprint density at radius 1 is 1.23 bits per heavy atom. The van der Waals surface area contributed by atoms with Crippen LogP contribution in [0.25, 0.3) is 11.1 Å². The van der Waals surface area contributed by atoms with Gasteiger partial charge in [-0.25, -0.2) is 4.79 Å². The van der Waals surface area contributed by atoms with Gasteiger partial charge in [0.1, 0.15) is 10.6 Å². The number of halogens is 1. The van der Waals surface area contributed by atoms with Crippen molar-refractivity contribution in [2.24, 2.45) is 11.8 Å². The van der Waals surface area contributed by atoms with Gasteiger partial charge < -0.3 is 10.1 Å². The highest BCUT2D eigenvalue weighted by atomic mass is 35.5. The molecule has 1 heterocycles. The van der Waals surface area contributed by atoms with Gasteiger partial charge in [-0.15, -0.1) is 11.3 Å². The molecule has 0 bridgehead atoms. The quantitative estimate of drug-likeness (QED) is 0.460. The van der Waals surface area contributed by atoms with Gasteiger partial charge in [0.15, 0.2) is 0 Å². The molecule has 0 atom stereocenters. The van der Waals surface area contributed by atoms with Crippen LogP contribution in [0.15, 0.2) is 24.3 Å². The lowest BCUT2D eigenvalue weighted by Crippen LogP contribution is -2.27. The largest absolute Gasteiger partial charge is 0.465 e. The Morgan fingerprint density at radius 2 is 1.97 bits per heavy atom. The number of methoxy groups -OCH3 is 1. The van der Waals surface area contributed by atoms with Crippen molar-refractivity contribution >= 4 is 39.8 Å². The Hall–Kier alpha value is -1.85. The topological polar surface area (TPSA) is 55.4 Å². The number of unbranched alkanes of at least 4 members (excludes halogenated alkanes) is 1. The molecule has 6 heteroatoms. The molecule has 1 aromatic carbocycles. The molecule has 2 aromatic rings. The lowest BCUT2D eigenvalue weighted by Gasteiger charge is -2.27. The van der Waals surface area contributed by atoms with E-state index < -0.39 is 5.97 Å². The maximum absolute atomic E-state index is 13.0. The zero-order chi connectivity index (χ0) is 21.7. The number of hydrogen-bond acceptors (Lipinski definition) is 4. The van der Waals surface area contributed by atoms with Crippen molar-refractivity contribution in [2.45, 2.75) is 58.8 Å². The number of carbonyl (C=O) groups is 2. The number of hydrogen-bond donors (Lipinski definition) is 1. The summed E-state index contributed by atoms with van der Waals surface area (Å²) in [6.45, 7) is 4.17. The normalized spacial score (nSPS) is 18.8. The number of nitrogens with one attached hydrogen (secondary N) is 1. The second-order valence-corrected chi connectivity index (χ2v) is 9.75. The van der Waals surface area contributed by atoms with E-state index in [1.54, 1.807) is 6.07 Å². The summed E-state index contributed by atoms with van der Waals surface area (Å²) < 4.78 is 5.04. The van der Waals surface area contributed by atoms with E-state index in [2.05, 4.69) is 12.2 Å². The van der Waals surface area contributed by atoms with Gasteiger partial charge in [0, 0.05) is 21.4 Å².